The number of benzene rings is 2. The van der Waals surface area contributed by atoms with Crippen LogP contribution in [-0.2, 0) is 14.3 Å². The standard InChI is InChI=1S/C25H28O7/c1-6-32-25(27)24-20(15-7-8-22(30-4)23(13-15)31-5)11-17(12-21(24)26)16-9-18(28-2)14-19(10-16)29-3/h7-10,12-14,20,24H,6,11H2,1-5H3/t20-,24+/m0/s1. The first kappa shape index (κ1) is 23.2. The number of ketones is 1. The third-order valence-corrected chi connectivity index (χ3v) is 5.56. The van der Waals surface area contributed by atoms with Gasteiger partial charge < -0.3 is 23.7 Å². The zero-order valence-corrected chi connectivity index (χ0v) is 19.0. The van der Waals surface area contributed by atoms with E-state index in [1.54, 1.807) is 53.6 Å². The molecule has 0 N–H and O–H groups in total. The molecule has 0 unspecified atom stereocenters. The van der Waals surface area contributed by atoms with Gasteiger partial charge in [-0.3, -0.25) is 9.59 Å². The summed E-state index contributed by atoms with van der Waals surface area (Å²) < 4.78 is 26.8. The minimum Gasteiger partial charge on any atom is -0.497 e. The van der Waals surface area contributed by atoms with Crippen molar-refractivity contribution in [2.24, 2.45) is 5.92 Å². The van der Waals surface area contributed by atoms with Gasteiger partial charge in [0.15, 0.2) is 17.3 Å². The largest absolute Gasteiger partial charge is 0.497 e. The van der Waals surface area contributed by atoms with Crippen molar-refractivity contribution in [1.29, 1.82) is 0 Å². The van der Waals surface area contributed by atoms with Crippen LogP contribution in [-0.4, -0.2) is 46.8 Å². The molecule has 32 heavy (non-hydrogen) atoms. The molecule has 2 atom stereocenters. The molecule has 0 heterocycles. The number of ether oxygens (including phenoxy) is 5. The predicted octanol–water partition coefficient (Wildman–Crippen LogP) is 4.04. The molecule has 0 bridgehead atoms. The molecule has 1 aliphatic rings. The maximum absolute atomic E-state index is 13.2. The summed E-state index contributed by atoms with van der Waals surface area (Å²) >= 11 is 0. The van der Waals surface area contributed by atoms with E-state index in [2.05, 4.69) is 0 Å². The molecular formula is C25H28O7. The van der Waals surface area contributed by atoms with Crippen LogP contribution in [0.3, 0.4) is 0 Å². The maximum Gasteiger partial charge on any atom is 0.317 e. The van der Waals surface area contributed by atoms with Crippen molar-refractivity contribution in [1.82, 2.24) is 0 Å². The van der Waals surface area contributed by atoms with E-state index in [9.17, 15) is 9.59 Å². The Balaban J connectivity index is 2.09. The Morgan fingerprint density at radius 1 is 0.906 bits per heavy atom. The quantitative estimate of drug-likeness (QED) is 0.453. The van der Waals surface area contributed by atoms with E-state index in [0.29, 0.717) is 29.4 Å². The highest BCUT2D eigenvalue weighted by Crippen LogP contribution is 2.43. The summed E-state index contributed by atoms with van der Waals surface area (Å²) in [5.74, 6) is 0.120. The van der Waals surface area contributed by atoms with Crippen LogP contribution in [0.2, 0.25) is 0 Å². The third-order valence-electron chi connectivity index (χ3n) is 5.56. The van der Waals surface area contributed by atoms with Gasteiger partial charge in [0.2, 0.25) is 0 Å². The molecule has 0 fully saturated rings. The van der Waals surface area contributed by atoms with Gasteiger partial charge in [-0.1, -0.05) is 6.07 Å². The first-order chi connectivity index (χ1) is 15.4. The number of allylic oxidation sites excluding steroid dienone is 2. The van der Waals surface area contributed by atoms with Gasteiger partial charge >= 0.3 is 5.97 Å². The molecule has 7 heteroatoms. The Morgan fingerprint density at radius 2 is 1.56 bits per heavy atom. The molecule has 1 aliphatic carbocycles. The van der Waals surface area contributed by atoms with Crippen LogP contribution in [0.5, 0.6) is 23.0 Å². The molecule has 3 rings (SSSR count). The summed E-state index contributed by atoms with van der Waals surface area (Å²) in [5.41, 5.74) is 2.37. The van der Waals surface area contributed by atoms with Gasteiger partial charge in [-0.15, -0.1) is 0 Å². The van der Waals surface area contributed by atoms with Crippen LogP contribution in [0, 0.1) is 5.92 Å². The van der Waals surface area contributed by atoms with Crippen LogP contribution < -0.4 is 18.9 Å². The fourth-order valence-electron chi connectivity index (χ4n) is 3.97. The van der Waals surface area contributed by atoms with Crippen LogP contribution in [0.1, 0.15) is 30.4 Å². The molecule has 2 aromatic rings. The minimum atomic E-state index is -0.940. The molecule has 7 nitrogen and oxygen atoms in total. The van der Waals surface area contributed by atoms with Crippen LogP contribution in [0.25, 0.3) is 5.57 Å². The highest BCUT2D eigenvalue weighted by molar-refractivity contribution is 6.10. The van der Waals surface area contributed by atoms with E-state index in [1.165, 1.54) is 6.08 Å². The molecule has 170 valence electrons. The Bertz CT molecular complexity index is 1000. The second kappa shape index (κ2) is 10.2. The highest BCUT2D eigenvalue weighted by Gasteiger charge is 2.40. The van der Waals surface area contributed by atoms with Crippen molar-refractivity contribution in [3.63, 3.8) is 0 Å². The van der Waals surface area contributed by atoms with Crippen LogP contribution in [0.15, 0.2) is 42.5 Å². The zero-order valence-electron chi connectivity index (χ0n) is 19.0. The number of carbonyl (C=O) groups excluding carboxylic acids is 2. The number of carbonyl (C=O) groups is 2. The first-order valence-electron chi connectivity index (χ1n) is 10.3. The number of rotatable bonds is 8. The van der Waals surface area contributed by atoms with Gasteiger partial charge in [0.25, 0.3) is 0 Å². The number of methoxy groups -OCH3 is 4. The van der Waals surface area contributed by atoms with Crippen LogP contribution >= 0.6 is 0 Å². The number of hydrogen-bond donors (Lipinski definition) is 0. The SMILES string of the molecule is CCOC(=O)[C@H]1C(=O)C=C(c2cc(OC)cc(OC)c2)C[C@H]1c1ccc(OC)c(OC)c1. The molecule has 0 amide bonds. The lowest BCUT2D eigenvalue weighted by Crippen LogP contribution is -2.34. The van der Waals surface area contributed by atoms with Gasteiger partial charge in [-0.05, 0) is 60.4 Å². The minimum absolute atomic E-state index is 0.199. The van der Waals surface area contributed by atoms with E-state index in [0.717, 1.165) is 16.7 Å². The summed E-state index contributed by atoms with van der Waals surface area (Å²) in [6.45, 7) is 1.92. The van der Waals surface area contributed by atoms with E-state index in [4.69, 9.17) is 23.7 Å². The fraction of sp³-hybridized carbons (Fsp3) is 0.360. The summed E-state index contributed by atoms with van der Waals surface area (Å²) in [4.78, 5) is 25.9. The summed E-state index contributed by atoms with van der Waals surface area (Å²) in [6, 6.07) is 10.9. The van der Waals surface area contributed by atoms with Crippen LogP contribution in [0.4, 0.5) is 0 Å². The van der Waals surface area contributed by atoms with Gasteiger partial charge in [-0.2, -0.15) is 0 Å². The van der Waals surface area contributed by atoms with Crippen molar-refractivity contribution in [3.8, 4) is 23.0 Å². The Hall–Kier alpha value is -3.48. The topological polar surface area (TPSA) is 80.3 Å². The Kier molecular flexibility index (Phi) is 7.41. The molecule has 0 saturated carbocycles. The Labute approximate surface area is 187 Å². The number of hydrogen-bond acceptors (Lipinski definition) is 7. The van der Waals surface area contributed by atoms with Crippen molar-refractivity contribution in [2.75, 3.05) is 35.0 Å². The second-order valence-corrected chi connectivity index (χ2v) is 7.33. The van der Waals surface area contributed by atoms with E-state index in [1.807, 2.05) is 18.2 Å². The smallest absolute Gasteiger partial charge is 0.317 e. The Morgan fingerprint density at radius 3 is 2.12 bits per heavy atom. The van der Waals surface area contributed by atoms with Gasteiger partial charge in [0.05, 0.1) is 35.0 Å². The molecule has 2 aromatic carbocycles. The summed E-state index contributed by atoms with van der Waals surface area (Å²) in [7, 11) is 6.24. The summed E-state index contributed by atoms with van der Waals surface area (Å²) in [5, 5.41) is 0. The van der Waals surface area contributed by atoms with Crippen molar-refractivity contribution < 1.29 is 33.3 Å². The molecule has 0 aromatic heterocycles. The molecule has 0 spiro atoms. The maximum atomic E-state index is 13.2. The average Bonchev–Trinajstić information content (AvgIpc) is 2.82. The third kappa shape index (κ3) is 4.72. The van der Waals surface area contributed by atoms with Crippen molar-refractivity contribution in [3.05, 3.63) is 53.6 Å². The number of esters is 1. The lowest BCUT2D eigenvalue weighted by atomic mass is 9.73. The van der Waals surface area contributed by atoms with Gasteiger partial charge in [0, 0.05) is 12.0 Å². The highest BCUT2D eigenvalue weighted by atomic mass is 16.5. The van der Waals surface area contributed by atoms with Gasteiger partial charge in [-0.25, -0.2) is 0 Å². The van der Waals surface area contributed by atoms with E-state index < -0.39 is 17.8 Å². The monoisotopic (exact) mass is 440 g/mol. The lowest BCUT2D eigenvalue weighted by Gasteiger charge is -2.30. The van der Waals surface area contributed by atoms with E-state index >= 15 is 0 Å². The fourth-order valence-corrected chi connectivity index (χ4v) is 3.97. The molecule has 0 aliphatic heterocycles. The summed E-state index contributed by atoms with van der Waals surface area (Å²) in [6.07, 6.45) is 1.97. The van der Waals surface area contributed by atoms with E-state index in [-0.39, 0.29) is 12.4 Å². The molecule has 0 radical (unpaired) electrons. The predicted molar refractivity (Wildman–Crippen MR) is 120 cm³/mol. The van der Waals surface area contributed by atoms with Crippen molar-refractivity contribution in [2.45, 2.75) is 19.3 Å². The van der Waals surface area contributed by atoms with Crippen molar-refractivity contribution >= 4 is 17.3 Å². The normalized spacial score (nSPS) is 17.9. The van der Waals surface area contributed by atoms with Gasteiger partial charge in [0.1, 0.15) is 17.4 Å². The zero-order chi connectivity index (χ0) is 23.3. The average molecular weight is 440 g/mol. The second-order valence-electron chi connectivity index (χ2n) is 7.33. The first-order valence-corrected chi connectivity index (χ1v) is 10.3. The molecule has 0 saturated heterocycles. The molecular weight excluding hydrogens is 412 g/mol. The lowest BCUT2D eigenvalue weighted by molar-refractivity contribution is -0.151.